The number of aryl methyl sites for hydroxylation is 1. The summed E-state index contributed by atoms with van der Waals surface area (Å²) < 4.78 is 7.03. The van der Waals surface area contributed by atoms with Gasteiger partial charge in [-0.2, -0.15) is 0 Å². The summed E-state index contributed by atoms with van der Waals surface area (Å²) in [6.45, 7) is 2.03. The van der Waals surface area contributed by atoms with E-state index in [4.69, 9.17) is 16.3 Å². The standard InChI is InChI=1S/C10H13ClN4O/c1-7(16-2)3-4-9-13-14-10-5-8(11)12-6-15(9)10/h5-7H,3-4H2,1-2H3. The van der Waals surface area contributed by atoms with E-state index in [1.807, 2.05) is 11.3 Å². The molecule has 16 heavy (non-hydrogen) atoms. The van der Waals surface area contributed by atoms with E-state index in [0.717, 1.165) is 24.3 Å². The smallest absolute Gasteiger partial charge is 0.165 e. The van der Waals surface area contributed by atoms with Crippen molar-refractivity contribution in [3.63, 3.8) is 0 Å². The lowest BCUT2D eigenvalue weighted by Crippen LogP contribution is -2.07. The van der Waals surface area contributed by atoms with Crippen molar-refractivity contribution < 1.29 is 4.74 Å². The Balaban J connectivity index is 2.19. The quantitative estimate of drug-likeness (QED) is 0.764. The van der Waals surface area contributed by atoms with Crippen molar-refractivity contribution in [2.45, 2.75) is 25.9 Å². The summed E-state index contributed by atoms with van der Waals surface area (Å²) in [5, 5.41) is 8.56. The zero-order valence-corrected chi connectivity index (χ0v) is 9.98. The van der Waals surface area contributed by atoms with Crippen molar-refractivity contribution in [1.82, 2.24) is 19.6 Å². The van der Waals surface area contributed by atoms with E-state index in [1.54, 1.807) is 19.5 Å². The number of fused-ring (bicyclic) bond motifs is 1. The first kappa shape index (κ1) is 11.3. The second-order valence-electron chi connectivity index (χ2n) is 3.64. The van der Waals surface area contributed by atoms with Gasteiger partial charge < -0.3 is 4.74 Å². The third-order valence-corrected chi connectivity index (χ3v) is 2.72. The van der Waals surface area contributed by atoms with Gasteiger partial charge in [-0.1, -0.05) is 11.6 Å². The second-order valence-corrected chi connectivity index (χ2v) is 4.03. The van der Waals surface area contributed by atoms with Gasteiger partial charge in [-0.25, -0.2) is 4.98 Å². The van der Waals surface area contributed by atoms with Crippen LogP contribution in [-0.2, 0) is 11.2 Å². The summed E-state index contributed by atoms with van der Waals surface area (Å²) >= 11 is 5.77. The minimum Gasteiger partial charge on any atom is -0.382 e. The molecule has 0 aliphatic carbocycles. The number of rotatable bonds is 4. The van der Waals surface area contributed by atoms with Gasteiger partial charge in [0.1, 0.15) is 17.3 Å². The van der Waals surface area contributed by atoms with Crippen molar-refractivity contribution >= 4 is 17.2 Å². The Morgan fingerprint density at radius 3 is 3.06 bits per heavy atom. The summed E-state index contributed by atoms with van der Waals surface area (Å²) in [6.07, 6.45) is 3.57. The van der Waals surface area contributed by atoms with Gasteiger partial charge in [-0.05, 0) is 13.3 Å². The van der Waals surface area contributed by atoms with Gasteiger partial charge in [-0.3, -0.25) is 4.40 Å². The number of aromatic nitrogens is 4. The van der Waals surface area contributed by atoms with E-state index in [0.29, 0.717) is 5.15 Å². The minimum atomic E-state index is 0.215. The predicted octanol–water partition coefficient (Wildman–Crippen LogP) is 1.75. The van der Waals surface area contributed by atoms with Crippen LogP contribution in [0.4, 0.5) is 0 Å². The lowest BCUT2D eigenvalue weighted by atomic mass is 10.2. The van der Waals surface area contributed by atoms with Crippen LogP contribution in [0, 0.1) is 0 Å². The molecule has 0 spiro atoms. The molecule has 5 nitrogen and oxygen atoms in total. The van der Waals surface area contributed by atoms with Crippen LogP contribution in [0.5, 0.6) is 0 Å². The fraction of sp³-hybridized carbons (Fsp3) is 0.500. The molecule has 1 unspecified atom stereocenters. The molecule has 0 fully saturated rings. The molecule has 0 aliphatic heterocycles. The largest absolute Gasteiger partial charge is 0.382 e. The number of halogens is 1. The van der Waals surface area contributed by atoms with E-state index >= 15 is 0 Å². The van der Waals surface area contributed by atoms with Crippen LogP contribution >= 0.6 is 11.6 Å². The molecule has 2 aromatic heterocycles. The molecule has 2 rings (SSSR count). The molecular formula is C10H13ClN4O. The van der Waals surface area contributed by atoms with Gasteiger partial charge in [0.15, 0.2) is 5.65 Å². The van der Waals surface area contributed by atoms with E-state index in [2.05, 4.69) is 15.2 Å². The molecule has 0 aliphatic rings. The van der Waals surface area contributed by atoms with Crippen LogP contribution in [0.1, 0.15) is 19.2 Å². The lowest BCUT2D eigenvalue weighted by molar-refractivity contribution is 0.111. The normalized spacial score (nSPS) is 13.2. The highest BCUT2D eigenvalue weighted by atomic mass is 35.5. The highest BCUT2D eigenvalue weighted by Crippen LogP contribution is 2.10. The molecule has 0 saturated carbocycles. The maximum atomic E-state index is 5.77. The Hall–Kier alpha value is -1.20. The fourth-order valence-corrected chi connectivity index (χ4v) is 1.58. The first-order valence-electron chi connectivity index (χ1n) is 5.08. The van der Waals surface area contributed by atoms with E-state index in [1.165, 1.54) is 0 Å². The zero-order valence-electron chi connectivity index (χ0n) is 9.22. The lowest BCUT2D eigenvalue weighted by Gasteiger charge is -2.07. The molecule has 0 bridgehead atoms. The minimum absolute atomic E-state index is 0.215. The molecule has 0 radical (unpaired) electrons. The van der Waals surface area contributed by atoms with Crippen molar-refractivity contribution in [2.24, 2.45) is 0 Å². The SMILES string of the molecule is COC(C)CCc1nnc2cc(Cl)ncn12. The topological polar surface area (TPSA) is 52.3 Å². The molecule has 0 amide bonds. The average Bonchev–Trinajstić information content (AvgIpc) is 2.68. The predicted molar refractivity (Wildman–Crippen MR) is 60.6 cm³/mol. The van der Waals surface area contributed by atoms with Crippen molar-refractivity contribution in [1.29, 1.82) is 0 Å². The fourth-order valence-electron chi connectivity index (χ4n) is 1.44. The molecule has 0 saturated heterocycles. The highest BCUT2D eigenvalue weighted by molar-refractivity contribution is 6.29. The van der Waals surface area contributed by atoms with Crippen LogP contribution in [0.2, 0.25) is 5.15 Å². The van der Waals surface area contributed by atoms with Crippen LogP contribution in [0.3, 0.4) is 0 Å². The van der Waals surface area contributed by atoms with Gasteiger partial charge in [0.05, 0.1) is 6.10 Å². The van der Waals surface area contributed by atoms with Gasteiger partial charge in [0.25, 0.3) is 0 Å². The maximum Gasteiger partial charge on any atom is 0.165 e. The summed E-state index contributed by atoms with van der Waals surface area (Å²) in [6, 6.07) is 1.69. The number of nitrogens with zero attached hydrogens (tertiary/aromatic N) is 4. The summed E-state index contributed by atoms with van der Waals surface area (Å²) in [5.74, 6) is 0.878. The number of hydrogen-bond donors (Lipinski definition) is 0. The molecule has 0 N–H and O–H groups in total. The van der Waals surface area contributed by atoms with Gasteiger partial charge >= 0.3 is 0 Å². The van der Waals surface area contributed by atoms with Crippen molar-refractivity contribution in [3.8, 4) is 0 Å². The van der Waals surface area contributed by atoms with Gasteiger partial charge in [0, 0.05) is 19.6 Å². The zero-order chi connectivity index (χ0) is 11.5. The summed E-state index contributed by atoms with van der Waals surface area (Å²) in [4.78, 5) is 4.00. The maximum absolute atomic E-state index is 5.77. The Morgan fingerprint density at radius 1 is 1.50 bits per heavy atom. The third kappa shape index (κ3) is 2.31. The van der Waals surface area contributed by atoms with Crippen LogP contribution in [-0.4, -0.2) is 32.8 Å². The van der Waals surface area contributed by atoms with E-state index in [-0.39, 0.29) is 6.10 Å². The molecule has 2 aromatic rings. The second kappa shape index (κ2) is 4.76. The third-order valence-electron chi connectivity index (χ3n) is 2.51. The van der Waals surface area contributed by atoms with Crippen molar-refractivity contribution in [2.75, 3.05) is 7.11 Å². The average molecular weight is 241 g/mol. The molecule has 86 valence electrons. The first-order valence-corrected chi connectivity index (χ1v) is 5.46. The Labute approximate surface area is 98.4 Å². The number of ether oxygens (including phenoxy) is 1. The summed E-state index contributed by atoms with van der Waals surface area (Å²) in [7, 11) is 1.70. The molecule has 6 heteroatoms. The van der Waals surface area contributed by atoms with Gasteiger partial charge in [0.2, 0.25) is 0 Å². The van der Waals surface area contributed by atoms with Crippen LogP contribution in [0.25, 0.3) is 5.65 Å². The van der Waals surface area contributed by atoms with Crippen LogP contribution in [0.15, 0.2) is 12.4 Å². The number of hydrogen-bond acceptors (Lipinski definition) is 4. The monoisotopic (exact) mass is 240 g/mol. The van der Waals surface area contributed by atoms with Crippen molar-refractivity contribution in [3.05, 3.63) is 23.4 Å². The van der Waals surface area contributed by atoms with Gasteiger partial charge in [-0.15, -0.1) is 10.2 Å². The van der Waals surface area contributed by atoms with E-state index in [9.17, 15) is 0 Å². The first-order chi connectivity index (χ1) is 7.70. The summed E-state index contributed by atoms with van der Waals surface area (Å²) in [5.41, 5.74) is 0.722. The molecule has 2 heterocycles. The highest BCUT2D eigenvalue weighted by Gasteiger charge is 2.08. The van der Waals surface area contributed by atoms with E-state index < -0.39 is 0 Å². The Morgan fingerprint density at radius 2 is 2.31 bits per heavy atom. The molecule has 1 atom stereocenters. The van der Waals surface area contributed by atoms with Crippen LogP contribution < -0.4 is 0 Å². The Kier molecular flexibility index (Phi) is 3.36. The number of methoxy groups -OCH3 is 1. The molecular weight excluding hydrogens is 228 g/mol. The Bertz CT molecular complexity index is 485. The molecule has 0 aromatic carbocycles.